The summed E-state index contributed by atoms with van der Waals surface area (Å²) in [5.41, 5.74) is 0.743. The number of rotatable bonds is 6. The predicted octanol–water partition coefficient (Wildman–Crippen LogP) is 1.84. The maximum absolute atomic E-state index is 12.0. The zero-order valence-electron chi connectivity index (χ0n) is 12.8. The summed E-state index contributed by atoms with van der Waals surface area (Å²) < 4.78 is 10.5. The molecule has 24 heavy (non-hydrogen) atoms. The SMILES string of the molecule is O=C(CN1C(=O)C(=O)c2ccccc21)OCCOc1ccccc1. The van der Waals surface area contributed by atoms with E-state index in [0.29, 0.717) is 17.0 Å². The number of benzene rings is 2. The van der Waals surface area contributed by atoms with Crippen molar-refractivity contribution < 1.29 is 23.9 Å². The van der Waals surface area contributed by atoms with Gasteiger partial charge in [0, 0.05) is 0 Å². The molecule has 0 atom stereocenters. The van der Waals surface area contributed by atoms with Gasteiger partial charge in [-0.05, 0) is 24.3 Å². The van der Waals surface area contributed by atoms with Crippen LogP contribution in [-0.2, 0) is 14.3 Å². The fraction of sp³-hybridized carbons (Fsp3) is 0.167. The Morgan fingerprint density at radius 2 is 1.62 bits per heavy atom. The minimum atomic E-state index is -0.714. The van der Waals surface area contributed by atoms with Crippen molar-refractivity contribution in [1.82, 2.24) is 0 Å². The lowest BCUT2D eigenvalue weighted by molar-refractivity contribution is -0.143. The van der Waals surface area contributed by atoms with Crippen molar-refractivity contribution in [3.8, 4) is 5.75 Å². The molecule has 6 heteroatoms. The Morgan fingerprint density at radius 3 is 2.42 bits per heavy atom. The van der Waals surface area contributed by atoms with Crippen molar-refractivity contribution in [2.24, 2.45) is 0 Å². The first-order valence-electron chi connectivity index (χ1n) is 7.45. The standard InChI is InChI=1S/C18H15NO5/c20-16(24-11-10-23-13-6-2-1-3-7-13)12-19-15-9-5-4-8-14(15)17(21)18(19)22/h1-9H,10-12H2. The van der Waals surface area contributed by atoms with Crippen LogP contribution in [0.25, 0.3) is 0 Å². The molecule has 0 N–H and O–H groups in total. The van der Waals surface area contributed by atoms with E-state index in [1.54, 1.807) is 36.4 Å². The molecule has 0 aromatic heterocycles. The summed E-state index contributed by atoms with van der Waals surface area (Å²) in [5.74, 6) is -1.23. The topological polar surface area (TPSA) is 72.9 Å². The van der Waals surface area contributed by atoms with Crippen molar-refractivity contribution in [2.45, 2.75) is 0 Å². The van der Waals surface area contributed by atoms with E-state index < -0.39 is 17.7 Å². The quantitative estimate of drug-likeness (QED) is 0.460. The number of Topliss-reactive ketones (excluding diaryl/α,β-unsaturated/α-hetero) is 1. The Kier molecular flexibility index (Phi) is 4.56. The number of para-hydroxylation sites is 2. The number of carbonyl (C=O) groups excluding carboxylic acids is 3. The van der Waals surface area contributed by atoms with Crippen LogP contribution in [0.5, 0.6) is 5.75 Å². The normalized spacial score (nSPS) is 12.9. The van der Waals surface area contributed by atoms with Gasteiger partial charge in [0.2, 0.25) is 0 Å². The number of anilines is 1. The van der Waals surface area contributed by atoms with Crippen LogP contribution in [0.3, 0.4) is 0 Å². The van der Waals surface area contributed by atoms with Crippen molar-refractivity contribution in [3.05, 3.63) is 60.2 Å². The maximum Gasteiger partial charge on any atom is 0.326 e. The average Bonchev–Trinajstić information content (AvgIpc) is 2.85. The first-order chi connectivity index (χ1) is 11.7. The summed E-state index contributed by atoms with van der Waals surface area (Å²) in [6, 6.07) is 15.7. The fourth-order valence-corrected chi connectivity index (χ4v) is 2.41. The van der Waals surface area contributed by atoms with Gasteiger partial charge in [-0.15, -0.1) is 0 Å². The van der Waals surface area contributed by atoms with Gasteiger partial charge in [0.05, 0.1) is 11.3 Å². The molecule has 0 aliphatic carbocycles. The molecule has 122 valence electrons. The van der Waals surface area contributed by atoms with E-state index >= 15 is 0 Å². The highest BCUT2D eigenvalue weighted by Crippen LogP contribution is 2.28. The second-order valence-electron chi connectivity index (χ2n) is 5.12. The monoisotopic (exact) mass is 325 g/mol. The molecule has 2 aromatic carbocycles. The third-order valence-electron chi connectivity index (χ3n) is 3.52. The Labute approximate surface area is 138 Å². The Morgan fingerprint density at radius 1 is 0.917 bits per heavy atom. The first-order valence-corrected chi connectivity index (χ1v) is 7.45. The lowest BCUT2D eigenvalue weighted by Gasteiger charge is -2.15. The van der Waals surface area contributed by atoms with E-state index in [2.05, 4.69) is 0 Å². The van der Waals surface area contributed by atoms with Gasteiger partial charge in [0.25, 0.3) is 11.7 Å². The summed E-state index contributed by atoms with van der Waals surface area (Å²) in [6.07, 6.45) is 0. The van der Waals surface area contributed by atoms with E-state index in [9.17, 15) is 14.4 Å². The number of hydrogen-bond donors (Lipinski definition) is 0. The lowest BCUT2D eigenvalue weighted by Crippen LogP contribution is -2.35. The summed E-state index contributed by atoms with van der Waals surface area (Å²) >= 11 is 0. The minimum Gasteiger partial charge on any atom is -0.490 e. The molecular weight excluding hydrogens is 310 g/mol. The maximum atomic E-state index is 12.0. The number of amides is 1. The molecule has 0 saturated heterocycles. The van der Waals surface area contributed by atoms with Crippen LogP contribution in [0.15, 0.2) is 54.6 Å². The van der Waals surface area contributed by atoms with E-state index in [1.165, 1.54) is 0 Å². The molecule has 0 unspecified atom stereocenters. The molecule has 3 rings (SSSR count). The predicted molar refractivity (Wildman–Crippen MR) is 86.0 cm³/mol. The summed E-state index contributed by atoms with van der Waals surface area (Å²) in [4.78, 5) is 36.8. The van der Waals surface area contributed by atoms with Crippen LogP contribution in [0, 0.1) is 0 Å². The molecule has 0 radical (unpaired) electrons. The highest BCUT2D eigenvalue weighted by Gasteiger charge is 2.36. The minimum absolute atomic E-state index is 0.0609. The van der Waals surface area contributed by atoms with Gasteiger partial charge >= 0.3 is 5.97 Å². The fourth-order valence-electron chi connectivity index (χ4n) is 2.41. The highest BCUT2D eigenvalue weighted by atomic mass is 16.6. The van der Waals surface area contributed by atoms with Gasteiger partial charge in [0.15, 0.2) is 0 Å². The van der Waals surface area contributed by atoms with Gasteiger partial charge in [-0.25, -0.2) is 0 Å². The van der Waals surface area contributed by atoms with Crippen molar-refractivity contribution in [2.75, 3.05) is 24.7 Å². The molecular formula is C18H15NO5. The number of carbonyl (C=O) groups is 3. The van der Waals surface area contributed by atoms with Gasteiger partial charge in [-0.2, -0.15) is 0 Å². The molecule has 1 aliphatic rings. The largest absolute Gasteiger partial charge is 0.490 e. The van der Waals surface area contributed by atoms with Gasteiger partial charge < -0.3 is 9.47 Å². The van der Waals surface area contributed by atoms with Gasteiger partial charge in [0.1, 0.15) is 25.5 Å². The third-order valence-corrected chi connectivity index (χ3v) is 3.52. The molecule has 0 bridgehead atoms. The molecule has 1 heterocycles. The van der Waals surface area contributed by atoms with E-state index in [4.69, 9.17) is 9.47 Å². The van der Waals surface area contributed by atoms with Crippen LogP contribution in [-0.4, -0.2) is 37.4 Å². The third kappa shape index (κ3) is 3.27. The second-order valence-corrected chi connectivity index (χ2v) is 5.12. The zero-order chi connectivity index (χ0) is 16.9. The van der Waals surface area contributed by atoms with Crippen LogP contribution < -0.4 is 9.64 Å². The van der Waals surface area contributed by atoms with E-state index in [0.717, 1.165) is 4.90 Å². The molecule has 0 saturated carbocycles. The summed E-state index contributed by atoms with van der Waals surface area (Å²) in [5, 5.41) is 0. The molecule has 0 spiro atoms. The molecule has 1 amide bonds. The summed E-state index contributed by atoms with van der Waals surface area (Å²) in [7, 11) is 0. The number of esters is 1. The molecule has 6 nitrogen and oxygen atoms in total. The lowest BCUT2D eigenvalue weighted by atomic mass is 10.1. The number of hydrogen-bond acceptors (Lipinski definition) is 5. The smallest absolute Gasteiger partial charge is 0.326 e. The zero-order valence-corrected chi connectivity index (χ0v) is 12.8. The summed E-state index contributed by atoms with van der Waals surface area (Å²) in [6.45, 7) is -0.0303. The Hall–Kier alpha value is -3.15. The van der Waals surface area contributed by atoms with Gasteiger partial charge in [-0.3, -0.25) is 19.3 Å². The number of ketones is 1. The highest BCUT2D eigenvalue weighted by molar-refractivity contribution is 6.52. The Bertz CT molecular complexity index is 772. The molecule has 0 fully saturated rings. The van der Waals surface area contributed by atoms with Gasteiger partial charge in [-0.1, -0.05) is 30.3 Å². The Balaban J connectivity index is 1.50. The number of fused-ring (bicyclic) bond motifs is 1. The van der Waals surface area contributed by atoms with Crippen LogP contribution in [0.4, 0.5) is 5.69 Å². The number of ether oxygens (including phenoxy) is 2. The molecule has 2 aromatic rings. The van der Waals surface area contributed by atoms with E-state index in [-0.39, 0.29) is 19.8 Å². The van der Waals surface area contributed by atoms with Crippen molar-refractivity contribution >= 4 is 23.3 Å². The van der Waals surface area contributed by atoms with Crippen LogP contribution >= 0.6 is 0 Å². The van der Waals surface area contributed by atoms with Crippen molar-refractivity contribution in [3.63, 3.8) is 0 Å². The van der Waals surface area contributed by atoms with Crippen LogP contribution in [0.2, 0.25) is 0 Å². The van der Waals surface area contributed by atoms with E-state index in [1.807, 2.05) is 18.2 Å². The van der Waals surface area contributed by atoms with Crippen molar-refractivity contribution in [1.29, 1.82) is 0 Å². The van der Waals surface area contributed by atoms with Crippen LogP contribution in [0.1, 0.15) is 10.4 Å². The molecule has 1 aliphatic heterocycles. The second kappa shape index (κ2) is 6.95. The average molecular weight is 325 g/mol. The first kappa shape index (κ1) is 15.7. The number of nitrogens with zero attached hydrogens (tertiary/aromatic N) is 1.